The summed E-state index contributed by atoms with van der Waals surface area (Å²) in [6, 6.07) is 2.37. The van der Waals surface area contributed by atoms with E-state index in [2.05, 4.69) is 15.6 Å². The summed E-state index contributed by atoms with van der Waals surface area (Å²) < 4.78 is 50.1. The first kappa shape index (κ1) is 34.4. The number of hydrogen-bond acceptors (Lipinski definition) is 8. The van der Waals surface area contributed by atoms with Crippen molar-refractivity contribution in [3.63, 3.8) is 0 Å². The molecule has 3 N–H and O–H groups in total. The van der Waals surface area contributed by atoms with Crippen molar-refractivity contribution in [3.05, 3.63) is 63.7 Å². The van der Waals surface area contributed by atoms with Crippen LogP contribution in [0.4, 0.5) is 19.0 Å². The quantitative estimate of drug-likeness (QED) is 0.275. The zero-order valence-corrected chi connectivity index (χ0v) is 27.0. The molecule has 1 saturated carbocycles. The molecule has 0 bridgehead atoms. The molecule has 0 spiro atoms. The summed E-state index contributed by atoms with van der Waals surface area (Å²) in [4.78, 5) is 68.3. The van der Waals surface area contributed by atoms with Crippen LogP contribution in [0, 0.1) is 35.2 Å². The fourth-order valence-corrected chi connectivity index (χ4v) is 5.96. The molecule has 2 aliphatic rings. The average molecular weight is 672 g/mol. The number of aromatic carboxylic acids is 1. The van der Waals surface area contributed by atoms with Crippen molar-refractivity contribution < 1.29 is 42.2 Å². The summed E-state index contributed by atoms with van der Waals surface area (Å²) in [7, 11) is 0. The van der Waals surface area contributed by atoms with Crippen LogP contribution in [0.2, 0.25) is 0 Å². The van der Waals surface area contributed by atoms with Crippen molar-refractivity contribution in [2.75, 3.05) is 18.0 Å². The molecule has 12 nitrogen and oxygen atoms in total. The largest absolute Gasteiger partial charge is 0.477 e. The molecule has 2 amide bonds. The number of rotatable bonds is 10. The molecule has 1 aromatic carbocycles. The molecule has 1 aliphatic heterocycles. The maximum atomic E-state index is 15.4. The van der Waals surface area contributed by atoms with Crippen LogP contribution in [0.5, 0.6) is 0 Å². The maximum Gasteiger partial charge on any atom is 0.341 e. The molecule has 0 radical (unpaired) electrons. The SMILES string of the molecule is CC(C)[C@H](NC(=O)CCC(=O)N[C@H]1[C@@H]2CN(c3nc4c(cc3F)c(=O)c(C(=O)O)cn4-c3ccc(F)cc3F)C[C@@H]21)C(=O)OC(C)(C)C. The number of piperidine rings is 1. The highest BCUT2D eigenvalue weighted by atomic mass is 19.1. The van der Waals surface area contributed by atoms with Crippen molar-refractivity contribution >= 4 is 40.6 Å². The zero-order valence-electron chi connectivity index (χ0n) is 27.0. The predicted molar refractivity (Wildman–Crippen MR) is 167 cm³/mol. The van der Waals surface area contributed by atoms with E-state index in [1.807, 2.05) is 0 Å². The summed E-state index contributed by atoms with van der Waals surface area (Å²) in [5.41, 5.74) is -3.00. The molecule has 1 saturated heterocycles. The molecule has 2 fully saturated rings. The van der Waals surface area contributed by atoms with E-state index in [1.54, 1.807) is 39.5 Å². The average Bonchev–Trinajstić information content (AvgIpc) is 3.39. The minimum atomic E-state index is -1.61. The van der Waals surface area contributed by atoms with Gasteiger partial charge in [-0.2, -0.15) is 0 Å². The number of pyridine rings is 2. The van der Waals surface area contributed by atoms with E-state index in [4.69, 9.17) is 4.74 Å². The highest BCUT2D eigenvalue weighted by Gasteiger charge is 2.57. The molecule has 5 rings (SSSR count). The fraction of sp³-hybridized carbons (Fsp3) is 0.455. The summed E-state index contributed by atoms with van der Waals surface area (Å²) in [5, 5.41) is 14.7. The van der Waals surface area contributed by atoms with Crippen LogP contribution in [0.15, 0.2) is 35.3 Å². The molecular formula is C33H36F3N5O7. The second-order valence-electron chi connectivity index (χ2n) is 13.5. The number of carbonyl (C=O) groups is 4. The van der Waals surface area contributed by atoms with Crippen molar-refractivity contribution in [1.29, 1.82) is 0 Å². The van der Waals surface area contributed by atoms with Gasteiger partial charge in [0.05, 0.1) is 11.1 Å². The number of carbonyl (C=O) groups excluding carboxylic acids is 3. The number of hydrogen-bond donors (Lipinski definition) is 3. The van der Waals surface area contributed by atoms with E-state index < -0.39 is 63.3 Å². The number of nitrogens with zero attached hydrogens (tertiary/aromatic N) is 3. The summed E-state index contributed by atoms with van der Waals surface area (Å²) >= 11 is 0. The second kappa shape index (κ2) is 12.9. The normalized spacial score (nSPS) is 19.2. The van der Waals surface area contributed by atoms with Gasteiger partial charge in [0.25, 0.3) is 0 Å². The van der Waals surface area contributed by atoms with Crippen LogP contribution in [0.25, 0.3) is 16.7 Å². The summed E-state index contributed by atoms with van der Waals surface area (Å²) in [6.45, 7) is 9.31. The highest BCUT2D eigenvalue weighted by Crippen LogP contribution is 2.47. The monoisotopic (exact) mass is 671 g/mol. The number of aromatic nitrogens is 2. The molecule has 3 heterocycles. The van der Waals surface area contributed by atoms with Crippen molar-refractivity contribution in [1.82, 2.24) is 20.2 Å². The van der Waals surface area contributed by atoms with E-state index in [1.165, 1.54) is 0 Å². The Bertz CT molecular complexity index is 1860. The molecule has 48 heavy (non-hydrogen) atoms. The van der Waals surface area contributed by atoms with Gasteiger partial charge in [-0.3, -0.25) is 19.0 Å². The van der Waals surface area contributed by atoms with Gasteiger partial charge >= 0.3 is 11.9 Å². The van der Waals surface area contributed by atoms with Crippen molar-refractivity contribution in [2.24, 2.45) is 17.8 Å². The van der Waals surface area contributed by atoms with E-state index in [-0.39, 0.29) is 59.7 Å². The van der Waals surface area contributed by atoms with Crippen molar-refractivity contribution in [2.45, 2.75) is 65.1 Å². The lowest BCUT2D eigenvalue weighted by atomic mass is 10.0. The van der Waals surface area contributed by atoms with E-state index in [0.29, 0.717) is 19.2 Å². The first-order valence-electron chi connectivity index (χ1n) is 15.5. The molecule has 2 aromatic heterocycles. The molecule has 15 heteroatoms. The molecule has 256 valence electrons. The molecule has 0 unspecified atom stereocenters. The Labute approximate surface area is 273 Å². The van der Waals surface area contributed by atoms with E-state index >= 15 is 4.39 Å². The van der Waals surface area contributed by atoms with Crippen LogP contribution in [-0.2, 0) is 19.1 Å². The maximum absolute atomic E-state index is 15.4. The Kier molecular flexibility index (Phi) is 9.26. The van der Waals surface area contributed by atoms with Crippen LogP contribution >= 0.6 is 0 Å². The number of carboxylic acids is 1. The van der Waals surface area contributed by atoms with Gasteiger partial charge in [-0.05, 0) is 44.9 Å². The number of amides is 2. The lowest BCUT2D eigenvalue weighted by Gasteiger charge is -2.26. The summed E-state index contributed by atoms with van der Waals surface area (Å²) in [6.07, 6.45) is 0.616. The van der Waals surface area contributed by atoms with Gasteiger partial charge in [0.15, 0.2) is 17.3 Å². The summed E-state index contributed by atoms with van der Waals surface area (Å²) in [5.74, 6) is -6.31. The van der Waals surface area contributed by atoms with Crippen LogP contribution in [0.3, 0.4) is 0 Å². The number of halogens is 3. The fourth-order valence-electron chi connectivity index (χ4n) is 5.96. The first-order valence-corrected chi connectivity index (χ1v) is 15.5. The van der Waals surface area contributed by atoms with Gasteiger partial charge in [0.2, 0.25) is 17.2 Å². The Balaban J connectivity index is 1.24. The highest BCUT2D eigenvalue weighted by molar-refractivity contribution is 5.93. The smallest absolute Gasteiger partial charge is 0.341 e. The number of esters is 1. The number of benzene rings is 1. The standard InChI is InChI=1S/C33H36F3N5O7/c1-15(2)26(32(47)48-33(3,4)5)37-24(42)8-9-25(43)38-27-18-12-40(13-19(18)27)30-22(36)11-17-28(44)20(31(45)46)14-41(29(17)39-30)23-7-6-16(34)10-21(23)35/h6-7,10-11,14-15,18-19,26-27H,8-9,12-13H2,1-5H3,(H,37,42)(H,38,43)(H,45,46)/t18-,19+,26-,27+/m0/s1. The minimum Gasteiger partial charge on any atom is -0.477 e. The second-order valence-corrected chi connectivity index (χ2v) is 13.5. The third kappa shape index (κ3) is 7.14. The van der Waals surface area contributed by atoms with E-state index in [9.17, 15) is 37.9 Å². The Morgan fingerprint density at radius 1 is 1.02 bits per heavy atom. The Morgan fingerprint density at radius 2 is 1.67 bits per heavy atom. The Hall–Kier alpha value is -4.95. The van der Waals surface area contributed by atoms with Gasteiger partial charge in [-0.1, -0.05) is 13.8 Å². The number of carboxylic acid groups (broad SMARTS) is 1. The predicted octanol–water partition coefficient (Wildman–Crippen LogP) is 3.31. The number of anilines is 1. The van der Waals surface area contributed by atoms with Crippen LogP contribution in [-0.4, -0.2) is 69.2 Å². The minimum absolute atomic E-state index is 0.0525. The molecular weight excluding hydrogens is 635 g/mol. The molecule has 4 atom stereocenters. The topological polar surface area (TPSA) is 160 Å². The van der Waals surface area contributed by atoms with Crippen LogP contribution in [0.1, 0.15) is 57.8 Å². The van der Waals surface area contributed by atoms with Crippen molar-refractivity contribution in [3.8, 4) is 5.69 Å². The zero-order chi connectivity index (χ0) is 35.2. The van der Waals surface area contributed by atoms with Crippen LogP contribution < -0.4 is 21.0 Å². The number of fused-ring (bicyclic) bond motifs is 2. The van der Waals surface area contributed by atoms with E-state index in [0.717, 1.165) is 29.0 Å². The third-order valence-electron chi connectivity index (χ3n) is 8.36. The van der Waals surface area contributed by atoms with Gasteiger partial charge < -0.3 is 25.4 Å². The van der Waals surface area contributed by atoms with Gasteiger partial charge in [0.1, 0.15) is 28.8 Å². The Morgan fingerprint density at radius 3 is 2.25 bits per heavy atom. The van der Waals surface area contributed by atoms with Gasteiger partial charge in [-0.25, -0.2) is 27.7 Å². The lowest BCUT2D eigenvalue weighted by Crippen LogP contribution is -2.47. The molecule has 1 aliphatic carbocycles. The number of nitrogens with one attached hydrogen (secondary N) is 2. The third-order valence-corrected chi connectivity index (χ3v) is 8.36. The molecule has 3 aromatic rings. The lowest BCUT2D eigenvalue weighted by molar-refractivity contribution is -0.160. The number of ether oxygens (including phenoxy) is 1. The van der Waals surface area contributed by atoms with Gasteiger partial charge in [-0.15, -0.1) is 0 Å². The van der Waals surface area contributed by atoms with Gasteiger partial charge in [0, 0.05) is 56.1 Å². The first-order chi connectivity index (χ1) is 22.4.